The van der Waals surface area contributed by atoms with Gasteiger partial charge in [-0.05, 0) is 23.8 Å². The first-order valence-corrected chi connectivity index (χ1v) is 6.41. The van der Waals surface area contributed by atoms with Gasteiger partial charge in [-0.3, -0.25) is 4.79 Å². The van der Waals surface area contributed by atoms with Crippen LogP contribution in [0.2, 0.25) is 0 Å². The number of hydrogen-bond donors (Lipinski definition) is 1. The Hall–Kier alpha value is -2.28. The highest BCUT2D eigenvalue weighted by atomic mass is 19.4. The topological polar surface area (TPSA) is 53.7 Å². The lowest BCUT2D eigenvalue weighted by Gasteiger charge is -2.16. The number of halogens is 3. The predicted octanol–water partition coefficient (Wildman–Crippen LogP) is 3.06. The van der Waals surface area contributed by atoms with Gasteiger partial charge in [0.25, 0.3) is 5.91 Å². The summed E-state index contributed by atoms with van der Waals surface area (Å²) in [7, 11) is 1.53. The first-order chi connectivity index (χ1) is 10.3. The Morgan fingerprint density at radius 2 is 1.91 bits per heavy atom. The summed E-state index contributed by atoms with van der Waals surface area (Å²) in [4.78, 5) is 13.5. The van der Waals surface area contributed by atoms with Crippen molar-refractivity contribution in [2.24, 2.45) is 0 Å². The molecule has 0 bridgehead atoms. The van der Waals surface area contributed by atoms with Crippen LogP contribution in [-0.4, -0.2) is 23.0 Å². The minimum atomic E-state index is -4.38. The monoisotopic (exact) mass is 313 g/mol. The Morgan fingerprint density at radius 1 is 1.27 bits per heavy atom. The van der Waals surface area contributed by atoms with E-state index in [0.29, 0.717) is 5.56 Å². The van der Waals surface area contributed by atoms with Crippen LogP contribution in [0.4, 0.5) is 13.2 Å². The molecule has 1 aromatic heterocycles. The summed E-state index contributed by atoms with van der Waals surface area (Å²) in [5.74, 6) is -0.0744. The zero-order valence-electron chi connectivity index (χ0n) is 11.7. The van der Waals surface area contributed by atoms with Crippen molar-refractivity contribution in [3.8, 4) is 0 Å². The third-order valence-electron chi connectivity index (χ3n) is 3.10. The van der Waals surface area contributed by atoms with Crippen molar-refractivity contribution in [1.29, 1.82) is 0 Å². The zero-order chi connectivity index (χ0) is 16.3. The van der Waals surface area contributed by atoms with Gasteiger partial charge in [0.2, 0.25) is 0 Å². The van der Waals surface area contributed by atoms with Crippen LogP contribution in [0.15, 0.2) is 41.0 Å². The fourth-order valence-corrected chi connectivity index (χ4v) is 1.94. The molecule has 0 unspecified atom stereocenters. The number of rotatable bonds is 4. The Labute approximate surface area is 124 Å². The molecule has 2 rings (SSSR count). The predicted molar refractivity (Wildman–Crippen MR) is 71.9 cm³/mol. The lowest BCUT2D eigenvalue weighted by molar-refractivity contribution is -0.137. The maximum absolute atomic E-state index is 12.5. The van der Waals surface area contributed by atoms with Gasteiger partial charge in [0, 0.05) is 13.6 Å². The van der Waals surface area contributed by atoms with Gasteiger partial charge in [0.1, 0.15) is 18.6 Å². The molecule has 7 heteroatoms. The normalized spacial score (nSPS) is 11.5. The first kappa shape index (κ1) is 16.1. The van der Waals surface area contributed by atoms with Crippen LogP contribution in [0.25, 0.3) is 0 Å². The highest BCUT2D eigenvalue weighted by Gasteiger charge is 2.30. The Kier molecular flexibility index (Phi) is 4.56. The molecule has 118 valence electrons. The molecule has 0 atom stereocenters. The van der Waals surface area contributed by atoms with Crippen molar-refractivity contribution < 1.29 is 27.5 Å². The highest BCUT2D eigenvalue weighted by Crippen LogP contribution is 2.29. The zero-order valence-corrected chi connectivity index (χ0v) is 11.7. The van der Waals surface area contributed by atoms with Gasteiger partial charge in [-0.15, -0.1) is 0 Å². The molecule has 1 amide bonds. The van der Waals surface area contributed by atoms with Gasteiger partial charge >= 0.3 is 6.18 Å². The van der Waals surface area contributed by atoms with Crippen molar-refractivity contribution in [3.05, 3.63) is 59.0 Å². The van der Waals surface area contributed by atoms with Crippen LogP contribution in [-0.2, 0) is 19.3 Å². The quantitative estimate of drug-likeness (QED) is 0.944. The van der Waals surface area contributed by atoms with Crippen LogP contribution >= 0.6 is 0 Å². The molecule has 0 saturated carbocycles. The molecule has 0 aliphatic rings. The lowest BCUT2D eigenvalue weighted by Crippen LogP contribution is -2.25. The minimum absolute atomic E-state index is 0.163. The maximum Gasteiger partial charge on any atom is 0.416 e. The van der Waals surface area contributed by atoms with Crippen LogP contribution < -0.4 is 0 Å². The molecule has 0 aliphatic carbocycles. The van der Waals surface area contributed by atoms with E-state index in [9.17, 15) is 18.0 Å². The second-order valence-corrected chi connectivity index (χ2v) is 4.82. The van der Waals surface area contributed by atoms with Crippen molar-refractivity contribution in [3.63, 3.8) is 0 Å². The van der Waals surface area contributed by atoms with Crippen molar-refractivity contribution in [2.75, 3.05) is 7.05 Å². The Morgan fingerprint density at radius 3 is 2.41 bits per heavy atom. The number of hydrogen-bond acceptors (Lipinski definition) is 3. The summed E-state index contributed by atoms with van der Waals surface area (Å²) in [5.41, 5.74) is 0.126. The van der Waals surface area contributed by atoms with E-state index < -0.39 is 11.7 Å². The summed E-state index contributed by atoms with van der Waals surface area (Å²) in [6.07, 6.45) is -3.14. The van der Waals surface area contributed by atoms with Gasteiger partial charge in [0.15, 0.2) is 0 Å². The maximum atomic E-state index is 12.5. The molecule has 0 radical (unpaired) electrons. The van der Waals surface area contributed by atoms with E-state index in [-0.39, 0.29) is 30.4 Å². The van der Waals surface area contributed by atoms with Crippen molar-refractivity contribution >= 4 is 5.91 Å². The largest absolute Gasteiger partial charge is 0.466 e. The van der Waals surface area contributed by atoms with Crippen molar-refractivity contribution in [2.45, 2.75) is 19.3 Å². The number of benzene rings is 1. The van der Waals surface area contributed by atoms with E-state index >= 15 is 0 Å². The molecule has 4 nitrogen and oxygen atoms in total. The Bertz CT molecular complexity index is 647. The van der Waals surface area contributed by atoms with Crippen LogP contribution in [0.1, 0.15) is 27.2 Å². The molecular weight excluding hydrogens is 299 g/mol. The molecule has 1 N–H and O–H groups in total. The molecule has 1 aromatic carbocycles. The van der Waals surface area contributed by atoms with Gasteiger partial charge in [0.05, 0.1) is 11.1 Å². The first-order valence-electron chi connectivity index (χ1n) is 6.41. The third-order valence-corrected chi connectivity index (χ3v) is 3.10. The van der Waals surface area contributed by atoms with E-state index in [2.05, 4.69) is 0 Å². The average molecular weight is 313 g/mol. The number of aliphatic hydroxyl groups excluding tert-OH is 1. The SMILES string of the molecule is CN(Cc1ccc(C(F)(F)F)cc1)C(=O)c1coc(CO)c1. The molecule has 0 aliphatic heterocycles. The van der Waals surface area contributed by atoms with Gasteiger partial charge in [-0.2, -0.15) is 13.2 Å². The van der Waals surface area contributed by atoms with Crippen LogP contribution in [0.5, 0.6) is 0 Å². The van der Waals surface area contributed by atoms with E-state index in [4.69, 9.17) is 9.52 Å². The smallest absolute Gasteiger partial charge is 0.416 e. The molecule has 1 heterocycles. The lowest BCUT2D eigenvalue weighted by atomic mass is 10.1. The summed E-state index contributed by atoms with van der Waals surface area (Å²) in [6, 6.07) is 6.05. The van der Waals surface area contributed by atoms with E-state index in [0.717, 1.165) is 12.1 Å². The van der Waals surface area contributed by atoms with E-state index in [1.807, 2.05) is 0 Å². The molecular formula is C15H14F3NO3. The summed E-state index contributed by atoms with van der Waals surface area (Å²) >= 11 is 0. The molecule has 0 spiro atoms. The number of alkyl halides is 3. The van der Waals surface area contributed by atoms with Crippen LogP contribution in [0, 0.1) is 0 Å². The fourth-order valence-electron chi connectivity index (χ4n) is 1.94. The van der Waals surface area contributed by atoms with E-state index in [1.54, 1.807) is 0 Å². The van der Waals surface area contributed by atoms with Crippen LogP contribution in [0.3, 0.4) is 0 Å². The summed E-state index contributed by atoms with van der Waals surface area (Å²) in [5, 5.41) is 8.89. The summed E-state index contributed by atoms with van der Waals surface area (Å²) in [6.45, 7) is -0.146. The second kappa shape index (κ2) is 6.23. The Balaban J connectivity index is 2.05. The number of aliphatic hydroxyl groups is 1. The van der Waals surface area contributed by atoms with Gasteiger partial charge in [-0.1, -0.05) is 12.1 Å². The molecule has 22 heavy (non-hydrogen) atoms. The molecule has 0 saturated heterocycles. The highest BCUT2D eigenvalue weighted by molar-refractivity contribution is 5.93. The number of nitrogens with zero attached hydrogens (tertiary/aromatic N) is 1. The van der Waals surface area contributed by atoms with Gasteiger partial charge in [-0.25, -0.2) is 0 Å². The number of furan rings is 1. The average Bonchev–Trinajstić information content (AvgIpc) is 2.95. The minimum Gasteiger partial charge on any atom is -0.466 e. The third kappa shape index (κ3) is 3.67. The van der Waals surface area contributed by atoms with Crippen molar-refractivity contribution in [1.82, 2.24) is 4.90 Å². The standard InChI is InChI=1S/C15H14F3NO3/c1-19(14(21)11-6-13(8-20)22-9-11)7-10-2-4-12(5-3-10)15(16,17)18/h2-6,9,20H,7-8H2,1H3. The van der Waals surface area contributed by atoms with Gasteiger partial charge < -0.3 is 14.4 Å². The number of amides is 1. The number of carbonyl (C=O) groups is 1. The number of carbonyl (C=O) groups excluding carboxylic acids is 1. The molecule has 2 aromatic rings. The fraction of sp³-hybridized carbons (Fsp3) is 0.267. The summed E-state index contributed by atoms with van der Waals surface area (Å²) < 4.78 is 42.4. The van der Waals surface area contributed by atoms with E-state index in [1.165, 1.54) is 36.4 Å². The molecule has 0 fully saturated rings. The second-order valence-electron chi connectivity index (χ2n) is 4.82.